The van der Waals surface area contributed by atoms with E-state index in [4.69, 9.17) is 11.6 Å². The molecule has 2 aromatic heterocycles. The van der Waals surface area contributed by atoms with E-state index >= 15 is 0 Å². The molecular weight excluding hydrogens is 208 g/mol. The zero-order valence-corrected chi connectivity index (χ0v) is 10.3. The second-order valence-electron chi connectivity index (χ2n) is 4.93. The first-order valence-electron chi connectivity index (χ1n) is 5.00. The summed E-state index contributed by atoms with van der Waals surface area (Å²) in [6.07, 6.45) is 3.82. The predicted octanol–water partition coefficient (Wildman–Crippen LogP) is 3.52. The SMILES string of the molecule is Cn1cc(C(C)(C)C)c2cc(Cl)cnc21. The molecule has 0 saturated carbocycles. The van der Waals surface area contributed by atoms with Gasteiger partial charge >= 0.3 is 0 Å². The first-order valence-corrected chi connectivity index (χ1v) is 5.38. The predicted molar refractivity (Wildman–Crippen MR) is 64.4 cm³/mol. The van der Waals surface area contributed by atoms with E-state index in [0.717, 1.165) is 11.0 Å². The van der Waals surface area contributed by atoms with Gasteiger partial charge in [0, 0.05) is 24.8 Å². The third-order valence-corrected chi connectivity index (χ3v) is 2.80. The van der Waals surface area contributed by atoms with Gasteiger partial charge in [-0.05, 0) is 17.0 Å². The Kier molecular flexibility index (Phi) is 2.27. The van der Waals surface area contributed by atoms with Gasteiger partial charge in [-0.25, -0.2) is 4.98 Å². The molecule has 0 fully saturated rings. The van der Waals surface area contributed by atoms with Crippen LogP contribution in [-0.4, -0.2) is 9.55 Å². The van der Waals surface area contributed by atoms with Crippen molar-refractivity contribution in [3.8, 4) is 0 Å². The molecule has 0 aromatic carbocycles. The van der Waals surface area contributed by atoms with Gasteiger partial charge in [-0.15, -0.1) is 0 Å². The third kappa shape index (κ3) is 1.74. The summed E-state index contributed by atoms with van der Waals surface area (Å²) in [7, 11) is 2.01. The number of nitrogens with zero attached hydrogens (tertiary/aromatic N) is 2. The van der Waals surface area contributed by atoms with E-state index in [0.29, 0.717) is 5.02 Å². The molecule has 0 aliphatic rings. The number of halogens is 1. The summed E-state index contributed by atoms with van der Waals surface area (Å²) in [4.78, 5) is 4.35. The Morgan fingerprint density at radius 3 is 2.60 bits per heavy atom. The van der Waals surface area contributed by atoms with Gasteiger partial charge in [0.1, 0.15) is 5.65 Å². The van der Waals surface area contributed by atoms with Crippen LogP contribution >= 0.6 is 11.6 Å². The second kappa shape index (κ2) is 3.24. The van der Waals surface area contributed by atoms with Crippen molar-refractivity contribution < 1.29 is 0 Å². The fourth-order valence-electron chi connectivity index (χ4n) is 1.83. The van der Waals surface area contributed by atoms with Crippen LogP contribution in [-0.2, 0) is 12.5 Å². The molecule has 80 valence electrons. The molecule has 0 saturated heterocycles. The molecule has 0 radical (unpaired) electrons. The number of pyridine rings is 1. The summed E-state index contributed by atoms with van der Waals surface area (Å²) in [5, 5.41) is 1.84. The van der Waals surface area contributed by atoms with Crippen molar-refractivity contribution >= 4 is 22.6 Å². The van der Waals surface area contributed by atoms with E-state index in [1.165, 1.54) is 5.56 Å². The van der Waals surface area contributed by atoms with Crippen molar-refractivity contribution in [3.63, 3.8) is 0 Å². The summed E-state index contributed by atoms with van der Waals surface area (Å²) in [6.45, 7) is 6.59. The van der Waals surface area contributed by atoms with E-state index in [-0.39, 0.29) is 5.41 Å². The van der Waals surface area contributed by atoms with E-state index < -0.39 is 0 Å². The van der Waals surface area contributed by atoms with Crippen molar-refractivity contribution in [1.29, 1.82) is 0 Å². The molecule has 2 rings (SSSR count). The molecule has 0 unspecified atom stereocenters. The highest BCUT2D eigenvalue weighted by molar-refractivity contribution is 6.31. The van der Waals surface area contributed by atoms with Crippen LogP contribution in [0.2, 0.25) is 5.02 Å². The highest BCUT2D eigenvalue weighted by Crippen LogP contribution is 2.31. The third-order valence-electron chi connectivity index (χ3n) is 2.59. The first kappa shape index (κ1) is 10.5. The van der Waals surface area contributed by atoms with Crippen LogP contribution in [0.3, 0.4) is 0 Å². The molecule has 15 heavy (non-hydrogen) atoms. The lowest BCUT2D eigenvalue weighted by molar-refractivity contribution is 0.593. The summed E-state index contributed by atoms with van der Waals surface area (Å²) >= 11 is 5.98. The van der Waals surface area contributed by atoms with Crippen LogP contribution in [0.25, 0.3) is 11.0 Å². The van der Waals surface area contributed by atoms with E-state index in [9.17, 15) is 0 Å². The van der Waals surface area contributed by atoms with Gasteiger partial charge in [0.2, 0.25) is 0 Å². The highest BCUT2D eigenvalue weighted by atomic mass is 35.5. The normalized spacial score (nSPS) is 12.3. The minimum absolute atomic E-state index is 0.117. The molecule has 0 N–H and O–H groups in total. The molecule has 0 spiro atoms. The Balaban J connectivity index is 2.81. The maximum absolute atomic E-state index is 5.98. The van der Waals surface area contributed by atoms with Gasteiger partial charge in [0.05, 0.1) is 5.02 Å². The Morgan fingerprint density at radius 1 is 1.33 bits per heavy atom. The van der Waals surface area contributed by atoms with Crippen LogP contribution in [0, 0.1) is 0 Å². The molecule has 2 heterocycles. The van der Waals surface area contributed by atoms with Gasteiger partial charge in [0.15, 0.2) is 0 Å². The monoisotopic (exact) mass is 222 g/mol. The summed E-state index contributed by atoms with van der Waals surface area (Å²) in [5.41, 5.74) is 2.39. The summed E-state index contributed by atoms with van der Waals surface area (Å²) in [5.74, 6) is 0. The van der Waals surface area contributed by atoms with Crippen molar-refractivity contribution in [2.24, 2.45) is 7.05 Å². The van der Waals surface area contributed by atoms with Crippen LogP contribution in [0.5, 0.6) is 0 Å². The average molecular weight is 223 g/mol. The molecule has 2 nitrogen and oxygen atoms in total. The minimum Gasteiger partial charge on any atom is -0.335 e. The fraction of sp³-hybridized carbons (Fsp3) is 0.417. The van der Waals surface area contributed by atoms with Crippen molar-refractivity contribution in [2.75, 3.05) is 0 Å². The highest BCUT2D eigenvalue weighted by Gasteiger charge is 2.20. The summed E-state index contributed by atoms with van der Waals surface area (Å²) in [6, 6.07) is 1.99. The maximum Gasteiger partial charge on any atom is 0.139 e. The zero-order chi connectivity index (χ0) is 11.2. The molecule has 0 aliphatic heterocycles. The van der Waals surface area contributed by atoms with E-state index in [2.05, 4.69) is 32.0 Å². The Bertz CT molecular complexity index is 506. The standard InChI is InChI=1S/C12H15ClN2/c1-12(2,3)10-7-15(4)11-9(10)5-8(13)6-14-11/h5-7H,1-4H3. The Morgan fingerprint density at radius 2 is 2.00 bits per heavy atom. The molecule has 0 amide bonds. The van der Waals surface area contributed by atoms with Gasteiger partial charge < -0.3 is 4.57 Å². The zero-order valence-electron chi connectivity index (χ0n) is 9.50. The molecule has 0 aliphatic carbocycles. The Hall–Kier alpha value is -1.02. The second-order valence-corrected chi connectivity index (χ2v) is 5.36. The smallest absolute Gasteiger partial charge is 0.139 e. The summed E-state index contributed by atoms with van der Waals surface area (Å²) < 4.78 is 2.05. The topological polar surface area (TPSA) is 17.8 Å². The molecule has 3 heteroatoms. The van der Waals surface area contributed by atoms with Crippen molar-refractivity contribution in [2.45, 2.75) is 26.2 Å². The van der Waals surface area contributed by atoms with Crippen LogP contribution in [0.4, 0.5) is 0 Å². The quantitative estimate of drug-likeness (QED) is 0.667. The van der Waals surface area contributed by atoms with Gasteiger partial charge in [-0.1, -0.05) is 32.4 Å². The van der Waals surface area contributed by atoms with E-state index in [1.807, 2.05) is 17.7 Å². The van der Waals surface area contributed by atoms with E-state index in [1.54, 1.807) is 6.20 Å². The lowest BCUT2D eigenvalue weighted by Gasteiger charge is -2.17. The minimum atomic E-state index is 0.117. The van der Waals surface area contributed by atoms with Crippen LogP contribution in [0.1, 0.15) is 26.3 Å². The lowest BCUT2D eigenvalue weighted by atomic mass is 9.87. The number of fused-ring (bicyclic) bond motifs is 1. The van der Waals surface area contributed by atoms with Crippen molar-refractivity contribution in [3.05, 3.63) is 29.0 Å². The first-order chi connectivity index (χ1) is 6.89. The van der Waals surface area contributed by atoms with Crippen LogP contribution < -0.4 is 0 Å². The van der Waals surface area contributed by atoms with Gasteiger partial charge in [-0.2, -0.15) is 0 Å². The largest absolute Gasteiger partial charge is 0.335 e. The number of aromatic nitrogens is 2. The number of rotatable bonds is 0. The maximum atomic E-state index is 5.98. The molecule has 0 atom stereocenters. The fourth-order valence-corrected chi connectivity index (χ4v) is 1.99. The lowest BCUT2D eigenvalue weighted by Crippen LogP contribution is -2.10. The Labute approximate surface area is 94.9 Å². The molecule has 2 aromatic rings. The number of hydrogen-bond acceptors (Lipinski definition) is 1. The molecular formula is C12H15ClN2. The van der Waals surface area contributed by atoms with Crippen LogP contribution in [0.15, 0.2) is 18.5 Å². The number of hydrogen-bond donors (Lipinski definition) is 0. The van der Waals surface area contributed by atoms with Gasteiger partial charge in [-0.3, -0.25) is 0 Å². The number of aryl methyl sites for hydroxylation is 1. The molecule has 0 bridgehead atoms. The van der Waals surface area contributed by atoms with Gasteiger partial charge in [0.25, 0.3) is 0 Å². The van der Waals surface area contributed by atoms with Crippen molar-refractivity contribution in [1.82, 2.24) is 9.55 Å². The average Bonchev–Trinajstić information content (AvgIpc) is 2.42.